The predicted octanol–water partition coefficient (Wildman–Crippen LogP) is 7.56. The van der Waals surface area contributed by atoms with Crippen LogP contribution < -0.4 is 28.2 Å². The molecule has 1 amide bonds. The summed E-state index contributed by atoms with van der Waals surface area (Å²) in [6.07, 6.45) is 13.5. The van der Waals surface area contributed by atoms with Crippen LogP contribution in [0.2, 0.25) is 1.41 Å². The number of para-hydroxylation sites is 5. The molecule has 0 saturated heterocycles. The number of imidazole rings is 3. The number of quaternary nitrogens is 1. The molecule has 5 aromatic heterocycles. The van der Waals surface area contributed by atoms with Gasteiger partial charge in [0.1, 0.15) is 24.5 Å². The van der Waals surface area contributed by atoms with Gasteiger partial charge < -0.3 is 76.9 Å². The fraction of sp³-hybridized carbons (Fsp3) is 0.258. The third kappa shape index (κ3) is 19.7. The fourth-order valence-electron chi connectivity index (χ4n) is 8.54. The standard InChI is InChI=1S/C23H22N4O4.C13H16N2O2.2C9H8N2O.C6H15N.2CH4.2ClH/c1-27-13-15(16-7-3-5-9-20(16)27)11-18(22(28)30-2)26-23(29)31-21-10-6-4-8-17(21)19-12-24-14-25-19;1-15-8-9(7-11(14)13(16)17-2)10-5-3-4-6-12(10)15;2*12-9-4-2-1-3-7(9)8-5-10-6-11-8;1-4-7(5-2)6-3;;;;/h3-10,12-14,18H,11H2,1-2H3,(H,24,25)(H,26,29);3-6,8,11H,7,14H2,1-2H3;2*1-6,12H,(H,10,11);4-6H2,1-3H3;2*1H4;2*1H/t18-;11-;;;;;;;/m11......./s1/i;;;;;1T;1D;;/hTD. The van der Waals surface area contributed by atoms with Crippen LogP contribution in [0.15, 0.2) is 171 Å². The number of halogens is 2. The van der Waals surface area contributed by atoms with Crippen molar-refractivity contribution in [2.24, 2.45) is 14.1 Å². The van der Waals surface area contributed by atoms with E-state index in [0.29, 0.717) is 34.7 Å². The van der Waals surface area contributed by atoms with Crippen molar-refractivity contribution in [3.8, 4) is 51.0 Å². The molecular formula is C62H79Cl2N11O8. The zero-order chi connectivity index (χ0) is 63.6. The lowest BCUT2D eigenvalue weighted by Gasteiger charge is -2.17. The van der Waals surface area contributed by atoms with Crippen LogP contribution in [0, 0.1) is 0 Å². The van der Waals surface area contributed by atoms with Crippen LogP contribution in [0.3, 0.4) is 0 Å². The number of hydrogen-bond donors (Lipinski definition) is 7. The van der Waals surface area contributed by atoms with E-state index in [1.54, 1.807) is 67.5 Å². The average Bonchev–Trinajstić information content (AvgIpc) is 2.60. The van der Waals surface area contributed by atoms with Gasteiger partial charge in [0.2, 0.25) is 0 Å². The predicted molar refractivity (Wildman–Crippen MR) is 326 cm³/mol. The van der Waals surface area contributed by atoms with Gasteiger partial charge in [-0.05, 0) is 79.3 Å². The molecule has 0 aliphatic carbocycles. The third-order valence-corrected chi connectivity index (χ3v) is 12.7. The molecule has 9 N–H and O–H groups in total. The number of phenols is 2. The minimum Gasteiger partial charge on any atom is -1.00 e. The van der Waals surface area contributed by atoms with E-state index in [1.165, 1.54) is 72.1 Å². The first-order chi connectivity index (χ1) is 41.7. The Kier molecular flexibility index (Phi) is 27.3. The topological polar surface area (TPSA) is 258 Å². The summed E-state index contributed by atoms with van der Waals surface area (Å²) in [5.74, 6) is -0.0225. The summed E-state index contributed by atoms with van der Waals surface area (Å²) in [4.78, 5) is 57.6. The number of aryl methyl sites for hydroxylation is 2. The van der Waals surface area contributed by atoms with Crippen molar-refractivity contribution in [3.63, 3.8) is 0 Å². The van der Waals surface area contributed by atoms with Crippen molar-refractivity contribution in [2.75, 3.05) is 33.9 Å². The molecular weight excluding hydrogens is 1100 g/mol. The van der Waals surface area contributed by atoms with Gasteiger partial charge in [-0.25, -0.2) is 29.3 Å². The molecule has 83 heavy (non-hydrogen) atoms. The number of carbonyl (C=O) groups is 3. The highest BCUT2D eigenvalue weighted by atomic mass is 35.5. The first-order valence-corrected chi connectivity index (χ1v) is 25.6. The zero-order valence-electron chi connectivity index (χ0n) is 52.3. The van der Waals surface area contributed by atoms with Gasteiger partial charge in [0.25, 0.3) is 0 Å². The molecule has 2 atom stereocenters. The van der Waals surface area contributed by atoms with Crippen LogP contribution in [0.4, 0.5) is 4.79 Å². The van der Waals surface area contributed by atoms with Crippen molar-refractivity contribution >= 4 is 52.2 Å². The second kappa shape index (κ2) is 35.8. The number of nitrogens with zero attached hydrogens (tertiary/aromatic N) is 6. The molecule has 0 bridgehead atoms. The number of aromatic hydroxyl groups is 2. The molecule has 0 fully saturated rings. The lowest BCUT2D eigenvalue weighted by molar-refractivity contribution is -0.407. The van der Waals surface area contributed by atoms with E-state index in [1.807, 2.05) is 97.8 Å². The third-order valence-electron chi connectivity index (χ3n) is 12.7. The Labute approximate surface area is 503 Å². The van der Waals surface area contributed by atoms with Gasteiger partial charge in [0.05, 0.1) is 62.7 Å². The van der Waals surface area contributed by atoms with Crippen molar-refractivity contribution in [1.82, 2.24) is 49.2 Å². The minimum atomic E-state index is -0.900. The van der Waals surface area contributed by atoms with Gasteiger partial charge in [0, 0.05) is 86.8 Å². The van der Waals surface area contributed by atoms with Gasteiger partial charge in [-0.1, -0.05) is 108 Å². The number of amides is 1. The number of aromatic amines is 3. The van der Waals surface area contributed by atoms with E-state index >= 15 is 0 Å². The lowest BCUT2D eigenvalue weighted by Crippen LogP contribution is -3.00. The molecule has 21 heteroatoms. The smallest absolute Gasteiger partial charge is 0.413 e. The summed E-state index contributed by atoms with van der Waals surface area (Å²) in [6.45, 7) is 10.1. The van der Waals surface area contributed by atoms with Gasteiger partial charge in [-0.15, -0.1) is 12.3 Å². The van der Waals surface area contributed by atoms with Crippen LogP contribution in [-0.2, 0) is 46.0 Å². The maximum Gasteiger partial charge on any atom is 0.413 e. The first kappa shape index (κ1) is 63.3. The number of fused-ring (bicyclic) bond motifs is 2. The number of benzene rings is 5. The van der Waals surface area contributed by atoms with Gasteiger partial charge >= 0.3 is 18.0 Å². The number of H-pyrrole nitrogens is 3. The van der Waals surface area contributed by atoms with Crippen molar-refractivity contribution in [2.45, 2.75) is 60.5 Å². The number of carbonyl (C=O) groups excluding carboxylic acids is 3. The Morgan fingerprint density at radius 2 is 1.17 bits per heavy atom. The maximum absolute atomic E-state index is 12.7. The maximum atomic E-state index is 12.7. The Balaban J connectivity index is 0.000000392. The zero-order valence-corrected chi connectivity index (χ0v) is 49.8. The molecule has 0 unspecified atom stereocenters. The number of rotatable bonds is 14. The average molecular weight is 1180 g/mol. The van der Waals surface area contributed by atoms with Crippen molar-refractivity contribution < 1.29 is 61.1 Å². The Bertz CT molecular complexity index is 3540. The van der Waals surface area contributed by atoms with Gasteiger partial charge in [0.15, 0.2) is 7.45 Å². The molecule has 10 aromatic rings. The Morgan fingerprint density at radius 1 is 0.711 bits per heavy atom. The number of nitrogens with one attached hydrogen (secondary N) is 4. The summed E-state index contributed by atoms with van der Waals surface area (Å²) in [7, 11) is 9.12. The summed E-state index contributed by atoms with van der Waals surface area (Å²) in [6, 6.07) is 35.9. The second-order valence-electron chi connectivity index (χ2n) is 17.8. The molecule has 5 heterocycles. The highest BCUT2D eigenvalue weighted by Crippen LogP contribution is 2.30. The molecule has 0 aliphatic rings. The van der Waals surface area contributed by atoms with E-state index < -0.39 is 18.1 Å². The Morgan fingerprint density at radius 3 is 1.63 bits per heavy atom. The quantitative estimate of drug-likeness (QED) is 0.0521. The number of hydrogen-bond acceptors (Lipinski definition) is 12. The number of phenolic OH excluding ortho intramolecular Hbond substituents is 2. The van der Waals surface area contributed by atoms with Crippen LogP contribution in [0.1, 0.15) is 49.4 Å². The second-order valence-corrected chi connectivity index (χ2v) is 17.8. The van der Waals surface area contributed by atoms with Crippen LogP contribution in [0.5, 0.6) is 17.2 Å². The largest absolute Gasteiger partial charge is 1.00 e. The van der Waals surface area contributed by atoms with Crippen LogP contribution in [0.25, 0.3) is 55.6 Å². The highest BCUT2D eigenvalue weighted by Gasteiger charge is 2.26. The fourth-order valence-corrected chi connectivity index (χ4v) is 8.54. The van der Waals surface area contributed by atoms with Crippen LogP contribution >= 0.6 is 12.3 Å². The molecule has 0 spiro atoms. The van der Waals surface area contributed by atoms with Crippen LogP contribution in [-0.4, -0.2) is 119 Å². The van der Waals surface area contributed by atoms with Gasteiger partial charge in [-0.3, -0.25) is 0 Å². The van der Waals surface area contributed by atoms with E-state index in [9.17, 15) is 24.6 Å². The summed E-state index contributed by atoms with van der Waals surface area (Å²) >= 11 is 3.89. The normalized spacial score (nSPS) is 11.2. The molecule has 444 valence electrons. The van der Waals surface area contributed by atoms with Crippen molar-refractivity contribution in [1.29, 1.82) is 1.17 Å². The molecule has 5 aromatic carbocycles. The number of ether oxygens (including phenoxy) is 3. The first-order valence-electron chi connectivity index (χ1n) is 28.4. The van der Waals surface area contributed by atoms with E-state index in [0.717, 1.165) is 38.3 Å². The van der Waals surface area contributed by atoms with E-state index in [2.05, 4.69) is 90.7 Å². The van der Waals surface area contributed by atoms with Gasteiger partial charge in [-0.2, -0.15) is 0 Å². The summed E-state index contributed by atoms with van der Waals surface area (Å²) in [5, 5.41) is 23.7. The number of esters is 2. The minimum absolute atomic E-state index is 0. The monoisotopic (exact) mass is 1180 g/mol. The van der Waals surface area contributed by atoms with Crippen molar-refractivity contribution in [3.05, 3.63) is 182 Å². The number of aromatic nitrogens is 8. The molecule has 0 aliphatic heterocycles. The summed E-state index contributed by atoms with van der Waals surface area (Å²) < 4.78 is 43.1. The number of methoxy groups -OCH3 is 2. The SMILES string of the molecule is CCN(CC)CC.COC(=O)[C@@H](Cc1cn(C)c2ccccc12)NC(=O)Oc1ccccc1-c1cnc[nH]1.COC(=O)[C@H]([NH3+])Cc1cn(C)c2ccccc12.Oc1ccccc1-c1cnc[nH]1.[2H]C.[2H]Cl.[3H]C.[3H]n1cnc(-c2ccccc2O)c1.[Cl-]. The molecule has 10 rings (SSSR count). The Hall–Kier alpha value is -8.88. The molecule has 19 nitrogen and oxygen atoms in total. The molecule has 0 saturated carbocycles. The van der Waals surface area contributed by atoms with E-state index in [-0.39, 0.29) is 42.3 Å². The lowest BCUT2D eigenvalue weighted by atomic mass is 10.1. The molecule has 0 radical (unpaired) electrons. The van der Waals surface area contributed by atoms with E-state index in [4.69, 9.17) is 19.5 Å². The summed E-state index contributed by atoms with van der Waals surface area (Å²) in [5.41, 5.74) is 12.3. The highest BCUT2D eigenvalue weighted by molar-refractivity contribution is 5.88.